The summed E-state index contributed by atoms with van der Waals surface area (Å²) in [4.78, 5) is 36.5. The fourth-order valence-corrected chi connectivity index (χ4v) is 2.85. The first-order valence-electron chi connectivity index (χ1n) is 9.10. The Balaban J connectivity index is 1.62. The van der Waals surface area contributed by atoms with E-state index in [1.54, 1.807) is 24.3 Å². The highest BCUT2D eigenvalue weighted by atomic mass is 16.7. The van der Waals surface area contributed by atoms with E-state index in [1.807, 2.05) is 0 Å². The van der Waals surface area contributed by atoms with Crippen molar-refractivity contribution in [3.8, 4) is 11.5 Å². The number of furan rings is 1. The summed E-state index contributed by atoms with van der Waals surface area (Å²) in [5.41, 5.74) is 0.766. The van der Waals surface area contributed by atoms with E-state index in [1.165, 1.54) is 42.7 Å². The van der Waals surface area contributed by atoms with Crippen molar-refractivity contribution in [2.75, 3.05) is 12.1 Å². The van der Waals surface area contributed by atoms with Crippen LogP contribution in [0.25, 0.3) is 6.08 Å². The number of hydrogen-bond donors (Lipinski definition) is 3. The maximum atomic E-state index is 12.9. The SMILES string of the molecule is O=C(Nc1cccc(C(=O)O)c1)C(=Cc1ccc2c(c1)OCO2)NC(=O)c1ccco1. The number of carboxylic acid groups (broad SMARTS) is 1. The Kier molecular flexibility index (Phi) is 5.39. The number of benzene rings is 2. The molecule has 0 saturated heterocycles. The van der Waals surface area contributed by atoms with Crippen LogP contribution < -0.4 is 20.1 Å². The van der Waals surface area contributed by atoms with Crippen molar-refractivity contribution in [2.24, 2.45) is 0 Å². The molecule has 0 unspecified atom stereocenters. The van der Waals surface area contributed by atoms with Gasteiger partial charge in [-0.15, -0.1) is 0 Å². The van der Waals surface area contributed by atoms with Crippen molar-refractivity contribution in [3.63, 3.8) is 0 Å². The van der Waals surface area contributed by atoms with Gasteiger partial charge in [-0.05, 0) is 54.1 Å². The van der Waals surface area contributed by atoms with Gasteiger partial charge in [0.1, 0.15) is 5.70 Å². The lowest BCUT2D eigenvalue weighted by molar-refractivity contribution is -0.113. The average Bonchev–Trinajstić information content (AvgIpc) is 3.45. The summed E-state index contributed by atoms with van der Waals surface area (Å²) in [6.07, 6.45) is 2.80. The van der Waals surface area contributed by atoms with Gasteiger partial charge in [-0.3, -0.25) is 9.59 Å². The minimum atomic E-state index is -1.13. The van der Waals surface area contributed by atoms with Crippen molar-refractivity contribution in [1.29, 1.82) is 0 Å². The molecule has 0 atom stereocenters. The quantitative estimate of drug-likeness (QED) is 0.523. The number of carbonyl (C=O) groups is 3. The van der Waals surface area contributed by atoms with Crippen LogP contribution in [0.2, 0.25) is 0 Å². The Hall–Kier alpha value is -4.53. The number of amides is 2. The van der Waals surface area contributed by atoms with Crippen LogP contribution in [0.4, 0.5) is 5.69 Å². The van der Waals surface area contributed by atoms with Crippen LogP contribution in [0.3, 0.4) is 0 Å². The molecule has 0 saturated carbocycles. The van der Waals surface area contributed by atoms with Crippen molar-refractivity contribution in [3.05, 3.63) is 83.4 Å². The maximum Gasteiger partial charge on any atom is 0.335 e. The van der Waals surface area contributed by atoms with Crippen LogP contribution in [0, 0.1) is 0 Å². The smallest absolute Gasteiger partial charge is 0.335 e. The number of carboxylic acids is 1. The molecule has 3 aromatic rings. The molecule has 2 heterocycles. The fourth-order valence-electron chi connectivity index (χ4n) is 2.85. The summed E-state index contributed by atoms with van der Waals surface area (Å²) in [6.45, 7) is 0.102. The Labute approximate surface area is 175 Å². The first kappa shape index (κ1) is 19.8. The topological polar surface area (TPSA) is 127 Å². The lowest BCUT2D eigenvalue weighted by Crippen LogP contribution is -2.30. The summed E-state index contributed by atoms with van der Waals surface area (Å²) >= 11 is 0. The normalized spacial score (nSPS) is 12.3. The van der Waals surface area contributed by atoms with E-state index >= 15 is 0 Å². The predicted octanol–water partition coefficient (Wildman–Crippen LogP) is 3.12. The number of fused-ring (bicyclic) bond motifs is 1. The van der Waals surface area contributed by atoms with Gasteiger partial charge in [-0.2, -0.15) is 0 Å². The third kappa shape index (κ3) is 4.56. The molecule has 9 heteroatoms. The van der Waals surface area contributed by atoms with Crippen LogP contribution in [0.15, 0.2) is 71.0 Å². The minimum Gasteiger partial charge on any atom is -0.478 e. The molecule has 1 aliphatic heterocycles. The molecular weight excluding hydrogens is 404 g/mol. The number of hydrogen-bond acceptors (Lipinski definition) is 6. The molecule has 9 nitrogen and oxygen atoms in total. The number of carbonyl (C=O) groups excluding carboxylic acids is 2. The van der Waals surface area contributed by atoms with Gasteiger partial charge in [0.25, 0.3) is 11.8 Å². The zero-order chi connectivity index (χ0) is 21.8. The molecule has 0 fully saturated rings. The van der Waals surface area contributed by atoms with Gasteiger partial charge in [0, 0.05) is 5.69 Å². The number of nitrogens with one attached hydrogen (secondary N) is 2. The molecule has 2 amide bonds. The van der Waals surface area contributed by atoms with E-state index in [2.05, 4.69) is 10.6 Å². The summed E-state index contributed by atoms with van der Waals surface area (Å²) in [6, 6.07) is 13.8. The number of anilines is 1. The molecule has 0 aliphatic carbocycles. The van der Waals surface area contributed by atoms with E-state index in [-0.39, 0.29) is 29.5 Å². The van der Waals surface area contributed by atoms with E-state index in [9.17, 15) is 14.4 Å². The molecule has 31 heavy (non-hydrogen) atoms. The van der Waals surface area contributed by atoms with E-state index in [0.29, 0.717) is 17.1 Å². The Morgan fingerprint density at radius 1 is 0.968 bits per heavy atom. The van der Waals surface area contributed by atoms with Crippen LogP contribution in [-0.4, -0.2) is 29.7 Å². The summed E-state index contributed by atoms with van der Waals surface area (Å²) in [5.74, 6) is -1.28. The lowest BCUT2D eigenvalue weighted by atomic mass is 10.1. The maximum absolute atomic E-state index is 12.9. The van der Waals surface area contributed by atoms with Gasteiger partial charge in [0.05, 0.1) is 11.8 Å². The number of ether oxygens (including phenoxy) is 2. The molecule has 0 spiro atoms. The molecule has 1 aromatic heterocycles. The Morgan fingerprint density at radius 3 is 2.58 bits per heavy atom. The standard InChI is InChI=1S/C22H16N2O7/c25-20(23-15-4-1-3-14(11-15)22(27)28)16(24-21(26)18-5-2-8-29-18)9-13-6-7-17-19(10-13)31-12-30-17/h1-11H,12H2,(H,23,25)(H,24,26)(H,27,28). The van der Waals surface area contributed by atoms with Gasteiger partial charge in [-0.25, -0.2) is 4.79 Å². The van der Waals surface area contributed by atoms with E-state index in [0.717, 1.165) is 0 Å². The first-order chi connectivity index (χ1) is 15.0. The highest BCUT2D eigenvalue weighted by molar-refractivity contribution is 6.10. The molecule has 0 bridgehead atoms. The summed E-state index contributed by atoms with van der Waals surface area (Å²) in [5, 5.41) is 14.2. The average molecular weight is 420 g/mol. The summed E-state index contributed by atoms with van der Waals surface area (Å²) in [7, 11) is 0. The molecule has 156 valence electrons. The van der Waals surface area contributed by atoms with Crippen molar-refractivity contribution >= 4 is 29.5 Å². The van der Waals surface area contributed by atoms with Gasteiger partial charge >= 0.3 is 5.97 Å². The van der Waals surface area contributed by atoms with Crippen LogP contribution in [0.1, 0.15) is 26.5 Å². The van der Waals surface area contributed by atoms with Gasteiger partial charge in [0.15, 0.2) is 17.3 Å². The van der Waals surface area contributed by atoms with Crippen LogP contribution in [0.5, 0.6) is 11.5 Å². The van der Waals surface area contributed by atoms with Crippen molar-refractivity contribution in [1.82, 2.24) is 5.32 Å². The fraction of sp³-hybridized carbons (Fsp3) is 0.0455. The lowest BCUT2D eigenvalue weighted by Gasteiger charge is -2.11. The number of aromatic carboxylic acids is 1. The highest BCUT2D eigenvalue weighted by Gasteiger charge is 2.18. The molecular formula is C22H16N2O7. The Bertz CT molecular complexity index is 1180. The van der Waals surface area contributed by atoms with Gasteiger partial charge in [0.2, 0.25) is 6.79 Å². The van der Waals surface area contributed by atoms with E-state index in [4.69, 9.17) is 19.0 Å². The molecule has 3 N–H and O–H groups in total. The molecule has 0 radical (unpaired) electrons. The van der Waals surface area contributed by atoms with Crippen molar-refractivity contribution in [2.45, 2.75) is 0 Å². The second-order valence-electron chi connectivity index (χ2n) is 6.44. The largest absolute Gasteiger partial charge is 0.478 e. The van der Waals surface area contributed by atoms with E-state index < -0.39 is 17.8 Å². The molecule has 2 aromatic carbocycles. The third-order valence-corrected chi connectivity index (χ3v) is 4.31. The number of rotatable bonds is 6. The second-order valence-corrected chi connectivity index (χ2v) is 6.44. The summed E-state index contributed by atoms with van der Waals surface area (Å²) < 4.78 is 15.7. The zero-order valence-corrected chi connectivity index (χ0v) is 16.0. The monoisotopic (exact) mass is 420 g/mol. The second kappa shape index (κ2) is 8.46. The highest BCUT2D eigenvalue weighted by Crippen LogP contribution is 2.33. The minimum absolute atomic E-state index is 0.0127. The first-order valence-corrected chi connectivity index (χ1v) is 9.10. The van der Waals surface area contributed by atoms with Crippen LogP contribution >= 0.6 is 0 Å². The van der Waals surface area contributed by atoms with Gasteiger partial charge in [-0.1, -0.05) is 12.1 Å². The predicted molar refractivity (Wildman–Crippen MR) is 109 cm³/mol. The third-order valence-electron chi connectivity index (χ3n) is 4.31. The zero-order valence-electron chi connectivity index (χ0n) is 16.0. The van der Waals surface area contributed by atoms with Crippen LogP contribution in [-0.2, 0) is 4.79 Å². The molecule has 4 rings (SSSR count). The van der Waals surface area contributed by atoms with Gasteiger partial charge < -0.3 is 29.6 Å². The van der Waals surface area contributed by atoms with Crippen molar-refractivity contribution < 1.29 is 33.4 Å². The Morgan fingerprint density at radius 2 is 1.81 bits per heavy atom. The molecule has 1 aliphatic rings.